The van der Waals surface area contributed by atoms with Crippen molar-refractivity contribution in [2.45, 2.75) is 66.5 Å². The monoisotopic (exact) mass is 263 g/mol. The van der Waals surface area contributed by atoms with Crippen LogP contribution in [0.2, 0.25) is 0 Å². The highest BCUT2D eigenvalue weighted by molar-refractivity contribution is 5.12. The fourth-order valence-corrected chi connectivity index (χ4v) is 2.56. The predicted octanol–water partition coefficient (Wildman–Crippen LogP) is 3.17. The number of nitrogens with one attached hydrogen (secondary N) is 1. The molecule has 1 fully saturated rings. The van der Waals surface area contributed by atoms with Gasteiger partial charge < -0.3 is 5.32 Å². The number of rotatable bonds is 7. The first-order valence-electron chi connectivity index (χ1n) is 7.71. The van der Waals surface area contributed by atoms with Gasteiger partial charge >= 0.3 is 0 Å². The summed E-state index contributed by atoms with van der Waals surface area (Å²) < 4.78 is 2.16. The second-order valence-electron chi connectivity index (χ2n) is 6.73. The van der Waals surface area contributed by atoms with E-state index in [0.29, 0.717) is 11.3 Å². The molecular weight excluding hydrogens is 234 g/mol. The van der Waals surface area contributed by atoms with Crippen LogP contribution in [0.15, 0.2) is 6.07 Å². The minimum Gasteiger partial charge on any atom is -0.313 e. The first-order chi connectivity index (χ1) is 8.94. The van der Waals surface area contributed by atoms with E-state index < -0.39 is 0 Å². The van der Waals surface area contributed by atoms with Crippen LogP contribution in [0.1, 0.15) is 51.9 Å². The van der Waals surface area contributed by atoms with Crippen LogP contribution in [0.4, 0.5) is 0 Å². The molecule has 1 aromatic rings. The van der Waals surface area contributed by atoms with Crippen LogP contribution in [0.5, 0.6) is 0 Å². The second-order valence-corrected chi connectivity index (χ2v) is 6.73. The highest BCUT2D eigenvalue weighted by Gasteiger charge is 2.32. The molecule has 3 heteroatoms. The van der Waals surface area contributed by atoms with E-state index in [4.69, 9.17) is 0 Å². The van der Waals surface area contributed by atoms with Gasteiger partial charge in [0, 0.05) is 24.8 Å². The van der Waals surface area contributed by atoms with Crippen molar-refractivity contribution < 1.29 is 0 Å². The van der Waals surface area contributed by atoms with Crippen LogP contribution in [0.3, 0.4) is 0 Å². The van der Waals surface area contributed by atoms with Crippen molar-refractivity contribution in [3.05, 3.63) is 17.5 Å². The summed E-state index contributed by atoms with van der Waals surface area (Å²) in [7, 11) is 0. The van der Waals surface area contributed by atoms with Gasteiger partial charge in [0.05, 0.1) is 5.69 Å². The summed E-state index contributed by atoms with van der Waals surface area (Å²) in [4.78, 5) is 0. The van der Waals surface area contributed by atoms with Crippen molar-refractivity contribution in [3.63, 3.8) is 0 Å². The third-order valence-corrected chi connectivity index (χ3v) is 4.64. The van der Waals surface area contributed by atoms with Crippen LogP contribution in [-0.2, 0) is 13.0 Å². The zero-order valence-corrected chi connectivity index (χ0v) is 13.2. The Bertz CT molecular complexity index is 418. The number of nitrogens with zero attached hydrogens (tertiary/aromatic N) is 2. The minimum absolute atomic E-state index is 0.308. The van der Waals surface area contributed by atoms with Gasteiger partial charge in [-0.1, -0.05) is 20.8 Å². The molecule has 1 aromatic heterocycles. The minimum atomic E-state index is 0.308. The van der Waals surface area contributed by atoms with Gasteiger partial charge in [0.1, 0.15) is 0 Å². The molecule has 0 bridgehead atoms. The van der Waals surface area contributed by atoms with Crippen molar-refractivity contribution in [1.82, 2.24) is 15.1 Å². The van der Waals surface area contributed by atoms with Crippen LogP contribution in [-0.4, -0.2) is 22.4 Å². The lowest BCUT2D eigenvalue weighted by molar-refractivity contribution is 0.201. The largest absolute Gasteiger partial charge is 0.313 e. The summed E-state index contributed by atoms with van der Waals surface area (Å²) in [5, 5.41) is 8.29. The van der Waals surface area contributed by atoms with Crippen LogP contribution in [0, 0.1) is 18.3 Å². The van der Waals surface area contributed by atoms with Crippen molar-refractivity contribution in [1.29, 1.82) is 0 Å². The fourth-order valence-electron chi connectivity index (χ4n) is 2.56. The number of aryl methyl sites for hydroxylation is 2. The lowest BCUT2D eigenvalue weighted by Crippen LogP contribution is -2.39. The van der Waals surface area contributed by atoms with Gasteiger partial charge in [0.25, 0.3) is 0 Å². The van der Waals surface area contributed by atoms with Gasteiger partial charge in [-0.2, -0.15) is 5.10 Å². The Balaban J connectivity index is 2.09. The summed E-state index contributed by atoms with van der Waals surface area (Å²) >= 11 is 0. The van der Waals surface area contributed by atoms with E-state index in [1.54, 1.807) is 0 Å². The molecule has 19 heavy (non-hydrogen) atoms. The molecular formula is C16H29N3. The summed E-state index contributed by atoms with van der Waals surface area (Å²) in [5.41, 5.74) is 2.83. The van der Waals surface area contributed by atoms with Gasteiger partial charge in [0.2, 0.25) is 0 Å². The van der Waals surface area contributed by atoms with E-state index in [1.807, 2.05) is 0 Å². The molecule has 108 valence electrons. The molecule has 0 amide bonds. The van der Waals surface area contributed by atoms with Crippen LogP contribution < -0.4 is 5.32 Å². The van der Waals surface area contributed by atoms with Crippen molar-refractivity contribution in [2.75, 3.05) is 6.54 Å². The highest BCUT2D eigenvalue weighted by Crippen LogP contribution is 2.32. The molecule has 1 atom stereocenters. The Morgan fingerprint density at radius 3 is 2.68 bits per heavy atom. The third kappa shape index (κ3) is 3.59. The molecule has 1 aliphatic rings. The van der Waals surface area contributed by atoms with Gasteiger partial charge in [-0.15, -0.1) is 0 Å². The van der Waals surface area contributed by atoms with Crippen molar-refractivity contribution in [3.8, 4) is 0 Å². The van der Waals surface area contributed by atoms with E-state index in [1.165, 1.54) is 18.5 Å². The maximum atomic E-state index is 4.58. The Labute approximate surface area is 117 Å². The SMILES string of the molecule is CCn1nc(C)cc1CC(C)(CNC1CC1)C(C)C. The molecule has 1 unspecified atom stereocenters. The van der Waals surface area contributed by atoms with E-state index in [0.717, 1.165) is 31.2 Å². The molecule has 0 spiro atoms. The summed E-state index contributed by atoms with van der Waals surface area (Å²) in [6.45, 7) is 13.4. The first-order valence-corrected chi connectivity index (χ1v) is 7.71. The molecule has 1 saturated carbocycles. The van der Waals surface area contributed by atoms with Gasteiger partial charge in [-0.3, -0.25) is 4.68 Å². The third-order valence-electron chi connectivity index (χ3n) is 4.64. The normalized spacial score (nSPS) is 18.8. The van der Waals surface area contributed by atoms with E-state index in [2.05, 4.69) is 55.8 Å². The van der Waals surface area contributed by atoms with E-state index in [9.17, 15) is 0 Å². The first kappa shape index (κ1) is 14.6. The van der Waals surface area contributed by atoms with Gasteiger partial charge in [0.15, 0.2) is 0 Å². The fraction of sp³-hybridized carbons (Fsp3) is 0.812. The predicted molar refractivity (Wildman–Crippen MR) is 80.3 cm³/mol. The number of hydrogen-bond acceptors (Lipinski definition) is 2. The second kappa shape index (κ2) is 5.66. The van der Waals surface area contributed by atoms with E-state index in [-0.39, 0.29) is 0 Å². The van der Waals surface area contributed by atoms with Crippen LogP contribution >= 0.6 is 0 Å². The summed E-state index contributed by atoms with van der Waals surface area (Å²) in [6, 6.07) is 3.04. The Morgan fingerprint density at radius 2 is 2.16 bits per heavy atom. The van der Waals surface area contributed by atoms with Crippen LogP contribution in [0.25, 0.3) is 0 Å². The molecule has 0 aliphatic heterocycles. The maximum Gasteiger partial charge on any atom is 0.0596 e. The number of aromatic nitrogens is 2. The lowest BCUT2D eigenvalue weighted by Gasteiger charge is -2.34. The molecule has 0 aromatic carbocycles. The Morgan fingerprint density at radius 1 is 1.47 bits per heavy atom. The quantitative estimate of drug-likeness (QED) is 0.819. The molecule has 0 saturated heterocycles. The summed E-state index contributed by atoms with van der Waals surface area (Å²) in [6.07, 6.45) is 3.83. The zero-order chi connectivity index (χ0) is 14.0. The molecule has 1 aliphatic carbocycles. The highest BCUT2D eigenvalue weighted by atomic mass is 15.3. The zero-order valence-electron chi connectivity index (χ0n) is 13.2. The van der Waals surface area contributed by atoms with Crippen molar-refractivity contribution >= 4 is 0 Å². The molecule has 1 N–H and O–H groups in total. The smallest absolute Gasteiger partial charge is 0.0596 e. The summed E-state index contributed by atoms with van der Waals surface area (Å²) in [5.74, 6) is 0.666. The molecule has 1 heterocycles. The topological polar surface area (TPSA) is 29.9 Å². The maximum absolute atomic E-state index is 4.58. The average molecular weight is 263 g/mol. The standard InChI is InChI=1S/C16H29N3/c1-6-19-15(9-13(4)18-19)10-16(5,12(2)3)11-17-14-7-8-14/h9,12,14,17H,6-8,10-11H2,1-5H3. The van der Waals surface area contributed by atoms with Gasteiger partial charge in [-0.05, 0) is 50.5 Å². The Kier molecular flexibility index (Phi) is 4.34. The Hall–Kier alpha value is -0.830. The molecule has 0 radical (unpaired) electrons. The van der Waals surface area contributed by atoms with Crippen molar-refractivity contribution in [2.24, 2.45) is 11.3 Å². The van der Waals surface area contributed by atoms with Gasteiger partial charge in [-0.25, -0.2) is 0 Å². The average Bonchev–Trinajstić information content (AvgIpc) is 3.11. The lowest BCUT2D eigenvalue weighted by atomic mass is 9.75. The molecule has 3 nitrogen and oxygen atoms in total. The molecule has 2 rings (SSSR count). The van der Waals surface area contributed by atoms with E-state index >= 15 is 0 Å². The number of hydrogen-bond donors (Lipinski definition) is 1.